The summed E-state index contributed by atoms with van der Waals surface area (Å²) in [7, 11) is 0. The van der Waals surface area contributed by atoms with E-state index >= 15 is 0 Å². The first-order valence-electron chi connectivity index (χ1n) is 10.4. The molecular formula is C23H24F5N3. The van der Waals surface area contributed by atoms with E-state index in [4.69, 9.17) is 0 Å². The second-order valence-electron chi connectivity index (χ2n) is 8.37. The molecule has 31 heavy (non-hydrogen) atoms. The molecule has 166 valence electrons. The van der Waals surface area contributed by atoms with E-state index in [0.29, 0.717) is 6.04 Å². The Balaban J connectivity index is 1.59. The molecule has 1 aliphatic carbocycles. The molecule has 0 bridgehead atoms. The van der Waals surface area contributed by atoms with Crippen molar-refractivity contribution in [1.29, 1.82) is 0 Å². The second kappa shape index (κ2) is 7.80. The molecule has 1 aromatic carbocycles. The van der Waals surface area contributed by atoms with Gasteiger partial charge in [0.15, 0.2) is 0 Å². The summed E-state index contributed by atoms with van der Waals surface area (Å²) in [6.45, 7) is 3.80. The lowest BCUT2D eigenvalue weighted by Crippen LogP contribution is -2.28. The highest BCUT2D eigenvalue weighted by atomic mass is 19.4. The van der Waals surface area contributed by atoms with Crippen molar-refractivity contribution in [2.45, 2.75) is 63.2 Å². The molecule has 8 heteroatoms. The monoisotopic (exact) mass is 437 g/mol. The second-order valence-corrected chi connectivity index (χ2v) is 8.37. The SMILES string of the molecule is CC[C@H]1CC(NC(C)c2cc(F)c(-c3cc(C4(C(F)(F)F)CC4)ccn3)cc2F)=CN1. The third-order valence-electron chi connectivity index (χ3n) is 6.29. The lowest BCUT2D eigenvalue weighted by atomic mass is 9.94. The van der Waals surface area contributed by atoms with Crippen LogP contribution in [0.15, 0.2) is 42.4 Å². The maximum atomic E-state index is 14.9. The molecule has 2 aromatic rings. The number of halogens is 5. The maximum Gasteiger partial charge on any atom is 0.398 e. The molecular weight excluding hydrogens is 413 g/mol. The van der Waals surface area contributed by atoms with Crippen LogP contribution in [0.5, 0.6) is 0 Å². The minimum absolute atomic E-state index is 0.00919. The van der Waals surface area contributed by atoms with Crippen molar-refractivity contribution in [3.05, 3.63) is 65.1 Å². The molecule has 1 aromatic heterocycles. The van der Waals surface area contributed by atoms with Crippen molar-refractivity contribution >= 4 is 0 Å². The highest BCUT2D eigenvalue weighted by Crippen LogP contribution is 2.59. The quantitative estimate of drug-likeness (QED) is 0.554. The molecule has 1 unspecified atom stereocenters. The first-order valence-corrected chi connectivity index (χ1v) is 10.4. The summed E-state index contributed by atoms with van der Waals surface area (Å²) in [4.78, 5) is 4.00. The van der Waals surface area contributed by atoms with Crippen LogP contribution in [0.2, 0.25) is 0 Å². The number of alkyl halides is 3. The zero-order chi connectivity index (χ0) is 22.4. The molecule has 1 aliphatic heterocycles. The summed E-state index contributed by atoms with van der Waals surface area (Å²) >= 11 is 0. The van der Waals surface area contributed by atoms with Crippen LogP contribution in [0.1, 0.15) is 56.7 Å². The number of aromatic nitrogens is 1. The van der Waals surface area contributed by atoms with Gasteiger partial charge in [-0.15, -0.1) is 0 Å². The number of pyridine rings is 1. The van der Waals surface area contributed by atoms with Gasteiger partial charge in [-0.1, -0.05) is 6.92 Å². The molecule has 2 heterocycles. The Hall–Kier alpha value is -2.64. The van der Waals surface area contributed by atoms with Gasteiger partial charge in [-0.3, -0.25) is 4.98 Å². The summed E-state index contributed by atoms with van der Waals surface area (Å²) < 4.78 is 70.1. The van der Waals surface area contributed by atoms with Crippen LogP contribution in [-0.2, 0) is 5.41 Å². The van der Waals surface area contributed by atoms with E-state index in [2.05, 4.69) is 22.5 Å². The minimum atomic E-state index is -4.39. The fourth-order valence-corrected chi connectivity index (χ4v) is 4.15. The van der Waals surface area contributed by atoms with Gasteiger partial charge in [0.1, 0.15) is 11.6 Å². The van der Waals surface area contributed by atoms with Crippen LogP contribution in [-0.4, -0.2) is 17.2 Å². The fraction of sp³-hybridized carbons (Fsp3) is 0.435. The lowest BCUT2D eigenvalue weighted by Gasteiger charge is -2.20. The number of hydrogen-bond donors (Lipinski definition) is 2. The molecule has 2 atom stereocenters. The number of nitrogens with zero attached hydrogens (tertiary/aromatic N) is 1. The molecule has 0 spiro atoms. The van der Waals surface area contributed by atoms with E-state index in [9.17, 15) is 22.0 Å². The Labute approximate surface area is 177 Å². The van der Waals surface area contributed by atoms with Crippen LogP contribution in [0.25, 0.3) is 11.3 Å². The highest BCUT2D eigenvalue weighted by molar-refractivity contribution is 5.62. The van der Waals surface area contributed by atoms with Crippen LogP contribution in [0, 0.1) is 11.6 Å². The highest BCUT2D eigenvalue weighted by Gasteiger charge is 2.64. The number of hydrogen-bond acceptors (Lipinski definition) is 3. The van der Waals surface area contributed by atoms with E-state index in [1.807, 2.05) is 6.20 Å². The van der Waals surface area contributed by atoms with Gasteiger partial charge in [0.05, 0.1) is 17.2 Å². The van der Waals surface area contributed by atoms with Gasteiger partial charge < -0.3 is 10.6 Å². The third kappa shape index (κ3) is 4.00. The van der Waals surface area contributed by atoms with E-state index in [1.54, 1.807) is 6.92 Å². The lowest BCUT2D eigenvalue weighted by molar-refractivity contribution is -0.160. The van der Waals surface area contributed by atoms with E-state index < -0.39 is 29.3 Å². The van der Waals surface area contributed by atoms with Crippen molar-refractivity contribution in [2.75, 3.05) is 0 Å². The molecule has 2 N–H and O–H groups in total. The van der Waals surface area contributed by atoms with Gasteiger partial charge in [-0.05, 0) is 56.0 Å². The average Bonchev–Trinajstić information content (AvgIpc) is 3.44. The Morgan fingerprint density at radius 1 is 1.19 bits per heavy atom. The van der Waals surface area contributed by atoms with Crippen molar-refractivity contribution in [1.82, 2.24) is 15.6 Å². The zero-order valence-electron chi connectivity index (χ0n) is 17.3. The first kappa shape index (κ1) is 21.6. The van der Waals surface area contributed by atoms with Crippen molar-refractivity contribution in [3.63, 3.8) is 0 Å². The molecule has 0 saturated heterocycles. The van der Waals surface area contributed by atoms with Crippen molar-refractivity contribution in [3.8, 4) is 11.3 Å². The number of nitrogens with one attached hydrogen (secondary N) is 2. The summed E-state index contributed by atoms with van der Waals surface area (Å²) in [5, 5.41) is 6.41. The number of rotatable bonds is 6. The number of benzene rings is 1. The van der Waals surface area contributed by atoms with Gasteiger partial charge in [0, 0.05) is 41.7 Å². The predicted molar refractivity (Wildman–Crippen MR) is 108 cm³/mol. The van der Waals surface area contributed by atoms with Gasteiger partial charge >= 0.3 is 6.18 Å². The fourth-order valence-electron chi connectivity index (χ4n) is 4.15. The van der Waals surface area contributed by atoms with Crippen molar-refractivity contribution in [2.24, 2.45) is 0 Å². The summed E-state index contributed by atoms with van der Waals surface area (Å²) in [5.41, 5.74) is -0.967. The largest absolute Gasteiger partial charge is 0.398 e. The van der Waals surface area contributed by atoms with Crippen LogP contribution < -0.4 is 10.6 Å². The van der Waals surface area contributed by atoms with E-state index in [-0.39, 0.29) is 35.2 Å². The molecule has 0 radical (unpaired) electrons. The summed E-state index contributed by atoms with van der Waals surface area (Å²) in [6, 6.07) is 4.46. The van der Waals surface area contributed by atoms with E-state index in [1.165, 1.54) is 18.3 Å². The minimum Gasteiger partial charge on any atom is -0.386 e. The molecule has 4 rings (SSSR count). The van der Waals surface area contributed by atoms with Gasteiger partial charge in [0.25, 0.3) is 0 Å². The Bertz CT molecular complexity index is 1010. The standard InChI is InChI=1S/C23H24F5N3/c1-3-15-9-16(12-30-15)31-13(2)17-10-20(25)18(11-19(17)24)21-8-14(4-7-29-21)22(5-6-22)23(26,27)28/h4,7-8,10-13,15,30-31H,3,5-6,9H2,1-2H3/t13?,15-/m0/s1. The van der Waals surface area contributed by atoms with Gasteiger partial charge in [-0.25, -0.2) is 8.78 Å². The molecule has 0 amide bonds. The summed E-state index contributed by atoms with van der Waals surface area (Å²) in [5.74, 6) is -1.37. The Morgan fingerprint density at radius 3 is 2.55 bits per heavy atom. The van der Waals surface area contributed by atoms with Crippen molar-refractivity contribution < 1.29 is 22.0 Å². The first-order chi connectivity index (χ1) is 14.6. The van der Waals surface area contributed by atoms with Crippen LogP contribution >= 0.6 is 0 Å². The predicted octanol–water partition coefficient (Wildman–Crippen LogP) is 5.88. The molecule has 1 saturated carbocycles. The average molecular weight is 437 g/mol. The topological polar surface area (TPSA) is 37.0 Å². The Morgan fingerprint density at radius 2 is 1.94 bits per heavy atom. The van der Waals surface area contributed by atoms with Crippen LogP contribution in [0.3, 0.4) is 0 Å². The van der Waals surface area contributed by atoms with Crippen LogP contribution in [0.4, 0.5) is 22.0 Å². The van der Waals surface area contributed by atoms with Gasteiger partial charge in [0.2, 0.25) is 0 Å². The third-order valence-corrected chi connectivity index (χ3v) is 6.29. The van der Waals surface area contributed by atoms with E-state index in [0.717, 1.165) is 30.7 Å². The smallest absolute Gasteiger partial charge is 0.386 e. The molecule has 1 fully saturated rings. The maximum absolute atomic E-state index is 14.9. The molecule has 3 nitrogen and oxygen atoms in total. The Kier molecular flexibility index (Phi) is 5.43. The normalized spacial score (nSPS) is 20.7. The summed E-state index contributed by atoms with van der Waals surface area (Å²) in [6.07, 6.45) is 0.384. The van der Waals surface area contributed by atoms with Gasteiger partial charge in [-0.2, -0.15) is 13.2 Å². The zero-order valence-corrected chi connectivity index (χ0v) is 17.3. The molecule has 2 aliphatic rings.